The second kappa shape index (κ2) is 4.22. The molecule has 2 rings (SSSR count). The molecule has 0 atom stereocenters. The topological polar surface area (TPSA) is 67.0 Å². The van der Waals surface area contributed by atoms with Crippen molar-refractivity contribution in [2.24, 2.45) is 0 Å². The third-order valence-electron chi connectivity index (χ3n) is 2.03. The summed E-state index contributed by atoms with van der Waals surface area (Å²) in [5.74, 6) is 0.487. The molecule has 2 N–H and O–H groups in total. The van der Waals surface area contributed by atoms with Gasteiger partial charge in [0, 0.05) is 5.39 Å². The van der Waals surface area contributed by atoms with Gasteiger partial charge in [-0.2, -0.15) is 5.10 Å². The number of nitrogens with one attached hydrogen (secondary N) is 2. The normalized spacial score (nSPS) is 10.7. The average molecular weight is 219 g/mol. The van der Waals surface area contributed by atoms with Crippen LogP contribution in [-0.4, -0.2) is 22.4 Å². The van der Waals surface area contributed by atoms with Crippen molar-refractivity contribution in [3.63, 3.8) is 0 Å². The number of anilines is 1. The molecule has 0 radical (unpaired) electrons. The zero-order chi connectivity index (χ0) is 11.5. The fourth-order valence-corrected chi connectivity index (χ4v) is 1.40. The number of ether oxygens (including phenoxy) is 1. The maximum Gasteiger partial charge on any atom is 0.413 e. The molecule has 0 saturated carbocycles. The van der Waals surface area contributed by atoms with Crippen molar-refractivity contribution in [1.29, 1.82) is 0 Å². The molecule has 0 saturated heterocycles. The highest BCUT2D eigenvalue weighted by Crippen LogP contribution is 2.19. The Labute approximate surface area is 92.8 Å². The number of fused-ring (bicyclic) bond motifs is 1. The lowest BCUT2D eigenvalue weighted by atomic mass is 10.2. The van der Waals surface area contributed by atoms with Crippen LogP contribution in [0.15, 0.2) is 24.3 Å². The molecule has 84 valence electrons. The van der Waals surface area contributed by atoms with Crippen LogP contribution in [0.3, 0.4) is 0 Å². The van der Waals surface area contributed by atoms with Crippen LogP contribution in [0.1, 0.15) is 13.8 Å². The van der Waals surface area contributed by atoms with Gasteiger partial charge in [0.25, 0.3) is 0 Å². The van der Waals surface area contributed by atoms with Gasteiger partial charge in [-0.05, 0) is 26.0 Å². The highest BCUT2D eigenvalue weighted by atomic mass is 16.6. The Balaban J connectivity index is 2.18. The monoisotopic (exact) mass is 219 g/mol. The lowest BCUT2D eigenvalue weighted by Crippen LogP contribution is -2.18. The van der Waals surface area contributed by atoms with Crippen LogP contribution in [0.5, 0.6) is 0 Å². The lowest BCUT2D eigenvalue weighted by Gasteiger charge is -2.07. The number of nitrogens with zero attached hydrogens (tertiary/aromatic N) is 1. The van der Waals surface area contributed by atoms with Gasteiger partial charge in [0.1, 0.15) is 0 Å². The molecular formula is C11H13N3O2. The van der Waals surface area contributed by atoms with E-state index in [0.717, 1.165) is 10.9 Å². The van der Waals surface area contributed by atoms with Gasteiger partial charge in [-0.15, -0.1) is 0 Å². The summed E-state index contributed by atoms with van der Waals surface area (Å²) in [4.78, 5) is 11.4. The van der Waals surface area contributed by atoms with Crippen molar-refractivity contribution in [3.05, 3.63) is 24.3 Å². The molecule has 1 aromatic carbocycles. The SMILES string of the molecule is CC(C)OC(=O)Nc1n[nH]c2ccccc12. The minimum atomic E-state index is -0.493. The Kier molecular flexibility index (Phi) is 2.76. The molecule has 1 amide bonds. The zero-order valence-corrected chi connectivity index (χ0v) is 9.15. The molecule has 0 fully saturated rings. The smallest absolute Gasteiger partial charge is 0.413 e. The summed E-state index contributed by atoms with van der Waals surface area (Å²) in [6.07, 6.45) is -0.641. The number of carbonyl (C=O) groups is 1. The summed E-state index contributed by atoms with van der Waals surface area (Å²) >= 11 is 0. The van der Waals surface area contributed by atoms with Gasteiger partial charge in [-0.1, -0.05) is 12.1 Å². The number of hydrogen-bond donors (Lipinski definition) is 2. The second-order valence-corrected chi connectivity index (χ2v) is 3.70. The van der Waals surface area contributed by atoms with Crippen LogP contribution in [0.25, 0.3) is 10.9 Å². The second-order valence-electron chi connectivity index (χ2n) is 3.70. The number of benzene rings is 1. The van der Waals surface area contributed by atoms with Crippen molar-refractivity contribution in [3.8, 4) is 0 Å². The Morgan fingerprint density at radius 3 is 2.94 bits per heavy atom. The van der Waals surface area contributed by atoms with Crippen LogP contribution in [-0.2, 0) is 4.74 Å². The molecule has 0 unspecified atom stereocenters. The molecule has 1 heterocycles. The summed E-state index contributed by atoms with van der Waals surface area (Å²) in [5.41, 5.74) is 0.877. The van der Waals surface area contributed by atoms with Crippen molar-refractivity contribution in [1.82, 2.24) is 10.2 Å². The van der Waals surface area contributed by atoms with E-state index in [-0.39, 0.29) is 6.10 Å². The van der Waals surface area contributed by atoms with Crippen LogP contribution < -0.4 is 5.32 Å². The highest BCUT2D eigenvalue weighted by Gasteiger charge is 2.10. The van der Waals surface area contributed by atoms with Crippen LogP contribution in [0, 0.1) is 0 Å². The van der Waals surface area contributed by atoms with E-state index in [9.17, 15) is 4.79 Å². The van der Waals surface area contributed by atoms with Gasteiger partial charge in [0.2, 0.25) is 0 Å². The van der Waals surface area contributed by atoms with E-state index in [1.165, 1.54) is 0 Å². The van der Waals surface area contributed by atoms with Gasteiger partial charge in [-0.25, -0.2) is 4.79 Å². The number of para-hydroxylation sites is 1. The Morgan fingerprint density at radius 1 is 1.44 bits per heavy atom. The Bertz CT molecular complexity index is 505. The van der Waals surface area contributed by atoms with E-state index in [1.54, 1.807) is 13.8 Å². The molecule has 1 aromatic heterocycles. The lowest BCUT2D eigenvalue weighted by molar-refractivity contribution is 0.130. The molecule has 0 aliphatic rings. The van der Waals surface area contributed by atoms with Crippen molar-refractivity contribution >= 4 is 22.8 Å². The number of amides is 1. The van der Waals surface area contributed by atoms with E-state index in [4.69, 9.17) is 4.74 Å². The van der Waals surface area contributed by atoms with Gasteiger partial charge >= 0.3 is 6.09 Å². The molecule has 0 aliphatic carbocycles. The van der Waals surface area contributed by atoms with E-state index in [1.807, 2.05) is 24.3 Å². The number of rotatable bonds is 2. The largest absolute Gasteiger partial charge is 0.447 e. The molecule has 2 aromatic rings. The fourth-order valence-electron chi connectivity index (χ4n) is 1.40. The van der Waals surface area contributed by atoms with Gasteiger partial charge in [0.05, 0.1) is 11.6 Å². The highest BCUT2D eigenvalue weighted by molar-refractivity contribution is 5.96. The zero-order valence-electron chi connectivity index (χ0n) is 9.15. The van der Waals surface area contributed by atoms with E-state index >= 15 is 0 Å². The first-order valence-electron chi connectivity index (χ1n) is 5.07. The van der Waals surface area contributed by atoms with Gasteiger partial charge in [-0.3, -0.25) is 10.4 Å². The predicted molar refractivity (Wildman–Crippen MR) is 61.3 cm³/mol. The molecule has 0 bridgehead atoms. The first-order chi connectivity index (χ1) is 7.66. The van der Waals surface area contributed by atoms with Crippen molar-refractivity contribution in [2.45, 2.75) is 20.0 Å². The van der Waals surface area contributed by atoms with Crippen molar-refractivity contribution < 1.29 is 9.53 Å². The average Bonchev–Trinajstić information content (AvgIpc) is 2.61. The van der Waals surface area contributed by atoms with Crippen LogP contribution >= 0.6 is 0 Å². The Morgan fingerprint density at radius 2 is 2.19 bits per heavy atom. The predicted octanol–water partition coefficient (Wildman–Crippen LogP) is 2.52. The molecule has 16 heavy (non-hydrogen) atoms. The maximum absolute atomic E-state index is 11.4. The summed E-state index contributed by atoms with van der Waals surface area (Å²) in [6, 6.07) is 7.55. The Hall–Kier alpha value is -2.04. The van der Waals surface area contributed by atoms with E-state index in [2.05, 4.69) is 15.5 Å². The maximum atomic E-state index is 11.4. The van der Waals surface area contributed by atoms with Gasteiger partial charge < -0.3 is 4.74 Å². The quantitative estimate of drug-likeness (QED) is 0.815. The third-order valence-corrected chi connectivity index (χ3v) is 2.03. The number of hydrogen-bond acceptors (Lipinski definition) is 3. The first-order valence-corrected chi connectivity index (χ1v) is 5.07. The summed E-state index contributed by atoms with van der Waals surface area (Å²) in [5, 5.41) is 10.3. The van der Waals surface area contributed by atoms with Crippen LogP contribution in [0.2, 0.25) is 0 Å². The summed E-state index contributed by atoms with van der Waals surface area (Å²) in [7, 11) is 0. The first kappa shape index (κ1) is 10.5. The third kappa shape index (κ3) is 2.13. The molecule has 0 spiro atoms. The number of carbonyl (C=O) groups excluding carboxylic acids is 1. The molecule has 5 nitrogen and oxygen atoms in total. The number of H-pyrrole nitrogens is 1. The van der Waals surface area contributed by atoms with Gasteiger partial charge in [0.15, 0.2) is 5.82 Å². The van der Waals surface area contributed by atoms with E-state index in [0.29, 0.717) is 5.82 Å². The minimum absolute atomic E-state index is 0.148. The molecular weight excluding hydrogens is 206 g/mol. The number of aromatic amines is 1. The molecule has 0 aliphatic heterocycles. The summed E-state index contributed by atoms with van der Waals surface area (Å²) in [6.45, 7) is 3.59. The van der Waals surface area contributed by atoms with Crippen molar-refractivity contribution in [2.75, 3.05) is 5.32 Å². The van der Waals surface area contributed by atoms with Crippen LogP contribution in [0.4, 0.5) is 10.6 Å². The van der Waals surface area contributed by atoms with E-state index < -0.39 is 6.09 Å². The summed E-state index contributed by atoms with van der Waals surface area (Å²) < 4.78 is 4.97. The fraction of sp³-hybridized carbons (Fsp3) is 0.273. The number of aromatic nitrogens is 2. The minimum Gasteiger partial charge on any atom is -0.447 e. The standard InChI is InChI=1S/C11H13N3O2/c1-7(2)16-11(15)12-10-8-5-3-4-6-9(8)13-14-10/h3-7H,1-2H3,(H2,12,13,14,15). The molecule has 5 heteroatoms.